The topological polar surface area (TPSA) is 38.1 Å². The third-order valence-electron chi connectivity index (χ3n) is 3.33. The maximum absolute atomic E-state index is 9.84. The van der Waals surface area contributed by atoms with Crippen LogP contribution in [0.25, 0.3) is 5.69 Å². The lowest BCUT2D eigenvalue weighted by Gasteiger charge is -2.10. The fourth-order valence-electron chi connectivity index (χ4n) is 2.16. The summed E-state index contributed by atoms with van der Waals surface area (Å²) in [6.45, 7) is 6.17. The van der Waals surface area contributed by atoms with Gasteiger partial charge in [0.05, 0.1) is 11.4 Å². The molecule has 0 aliphatic heterocycles. The quantitative estimate of drug-likeness (QED) is 0.893. The van der Waals surface area contributed by atoms with Gasteiger partial charge in [-0.2, -0.15) is 0 Å². The molecule has 0 aliphatic rings. The van der Waals surface area contributed by atoms with E-state index in [4.69, 9.17) is 0 Å². The number of hydrogen-bond donors (Lipinski definition) is 1. The Balaban J connectivity index is 2.50. The van der Waals surface area contributed by atoms with Crippen LogP contribution < -0.4 is 0 Å². The molecular formula is C15H20N2O. The molecule has 0 amide bonds. The molecule has 18 heavy (non-hydrogen) atoms. The van der Waals surface area contributed by atoms with E-state index in [-0.39, 0.29) is 5.88 Å². The first kappa shape index (κ1) is 12.7. The van der Waals surface area contributed by atoms with E-state index >= 15 is 0 Å². The highest BCUT2D eigenvalue weighted by atomic mass is 16.3. The van der Waals surface area contributed by atoms with Gasteiger partial charge >= 0.3 is 0 Å². The minimum atomic E-state index is 0.143. The third-order valence-corrected chi connectivity index (χ3v) is 3.33. The molecule has 0 radical (unpaired) electrons. The molecule has 0 spiro atoms. The van der Waals surface area contributed by atoms with E-state index in [0.717, 1.165) is 41.8 Å². The van der Waals surface area contributed by atoms with Crippen LogP contribution in [0.15, 0.2) is 24.3 Å². The molecule has 0 aliphatic carbocycles. The van der Waals surface area contributed by atoms with Crippen LogP contribution in [0.4, 0.5) is 0 Å². The molecule has 3 nitrogen and oxygen atoms in total. The summed E-state index contributed by atoms with van der Waals surface area (Å²) < 4.78 is 1.88. The minimum absolute atomic E-state index is 0.143. The predicted molar refractivity (Wildman–Crippen MR) is 73.3 cm³/mol. The molecular weight excluding hydrogens is 224 g/mol. The summed E-state index contributed by atoms with van der Waals surface area (Å²) in [5.41, 5.74) is 4.22. The highest BCUT2D eigenvalue weighted by molar-refractivity contribution is 5.44. The van der Waals surface area contributed by atoms with Crippen molar-refractivity contribution in [3.8, 4) is 11.6 Å². The maximum atomic E-state index is 9.84. The van der Waals surface area contributed by atoms with Crippen LogP contribution in [-0.2, 0) is 6.42 Å². The van der Waals surface area contributed by atoms with Crippen molar-refractivity contribution in [2.45, 2.75) is 40.0 Å². The molecule has 0 bridgehead atoms. The number of aromatic hydroxyl groups is 1. The van der Waals surface area contributed by atoms with Gasteiger partial charge in [0, 0.05) is 5.56 Å². The van der Waals surface area contributed by atoms with Gasteiger partial charge in [-0.05, 0) is 38.3 Å². The largest absolute Gasteiger partial charge is 0.492 e. The normalized spacial score (nSPS) is 10.8. The lowest BCUT2D eigenvalue weighted by Crippen LogP contribution is -2.04. The average molecular weight is 244 g/mol. The molecule has 1 heterocycles. The van der Waals surface area contributed by atoms with Crippen molar-refractivity contribution in [2.75, 3.05) is 0 Å². The van der Waals surface area contributed by atoms with E-state index in [1.54, 1.807) is 0 Å². The lowest BCUT2D eigenvalue weighted by molar-refractivity contribution is 0.444. The van der Waals surface area contributed by atoms with Crippen LogP contribution in [0.5, 0.6) is 5.88 Å². The summed E-state index contributed by atoms with van der Waals surface area (Å²) in [4.78, 5) is 0. The summed E-state index contributed by atoms with van der Waals surface area (Å²) in [7, 11) is 0. The Morgan fingerprint density at radius 1 is 1.22 bits per heavy atom. The van der Waals surface area contributed by atoms with Gasteiger partial charge in [0.25, 0.3) is 0 Å². The van der Waals surface area contributed by atoms with Crippen LogP contribution in [0, 0.1) is 13.8 Å². The zero-order valence-corrected chi connectivity index (χ0v) is 11.3. The van der Waals surface area contributed by atoms with Gasteiger partial charge in [0.2, 0.25) is 5.88 Å². The van der Waals surface area contributed by atoms with Crippen LogP contribution >= 0.6 is 0 Å². The minimum Gasteiger partial charge on any atom is -0.492 e. The Morgan fingerprint density at radius 3 is 2.61 bits per heavy atom. The first-order chi connectivity index (χ1) is 8.65. The van der Waals surface area contributed by atoms with E-state index in [9.17, 15) is 5.11 Å². The Bertz CT molecular complexity index is 543. The Morgan fingerprint density at radius 2 is 1.94 bits per heavy atom. The zero-order chi connectivity index (χ0) is 13.1. The Hall–Kier alpha value is -1.77. The number of hydrogen-bond acceptors (Lipinski definition) is 2. The fourth-order valence-corrected chi connectivity index (χ4v) is 2.16. The number of aryl methyl sites for hydroxylation is 1. The van der Waals surface area contributed by atoms with Gasteiger partial charge in [0.1, 0.15) is 0 Å². The van der Waals surface area contributed by atoms with Crippen LogP contribution in [-0.4, -0.2) is 14.9 Å². The zero-order valence-electron chi connectivity index (χ0n) is 11.3. The van der Waals surface area contributed by atoms with E-state index in [2.05, 4.69) is 25.0 Å². The summed E-state index contributed by atoms with van der Waals surface area (Å²) in [5.74, 6) is 0.143. The molecule has 0 saturated carbocycles. The lowest BCUT2D eigenvalue weighted by atomic mass is 10.1. The van der Waals surface area contributed by atoms with Crippen molar-refractivity contribution in [1.29, 1.82) is 0 Å². The second kappa shape index (κ2) is 5.25. The predicted octanol–water partition coefficient (Wildman–Crippen LogP) is 3.54. The molecule has 3 heteroatoms. The van der Waals surface area contributed by atoms with Crippen LogP contribution in [0.2, 0.25) is 0 Å². The monoisotopic (exact) mass is 244 g/mol. The van der Waals surface area contributed by atoms with Gasteiger partial charge < -0.3 is 5.11 Å². The van der Waals surface area contributed by atoms with E-state index in [0.29, 0.717) is 0 Å². The second-order valence-electron chi connectivity index (χ2n) is 4.70. The second-order valence-corrected chi connectivity index (χ2v) is 4.70. The number of para-hydroxylation sites is 1. The molecule has 1 aromatic heterocycles. The molecule has 1 N–H and O–H groups in total. The smallest absolute Gasteiger partial charge is 0.233 e. The number of benzene rings is 1. The van der Waals surface area contributed by atoms with Crippen LogP contribution in [0.3, 0.4) is 0 Å². The molecule has 0 unspecified atom stereocenters. The fraction of sp³-hybridized carbons (Fsp3) is 0.400. The van der Waals surface area contributed by atoms with Crippen molar-refractivity contribution in [3.63, 3.8) is 0 Å². The summed E-state index contributed by atoms with van der Waals surface area (Å²) in [6.07, 6.45) is 3.20. The number of rotatable bonds is 4. The average Bonchev–Trinajstić information content (AvgIpc) is 2.64. The number of aromatic nitrogens is 2. The number of nitrogens with zero attached hydrogens (tertiary/aromatic N) is 2. The van der Waals surface area contributed by atoms with Gasteiger partial charge in [-0.25, -0.2) is 4.68 Å². The SMILES string of the molecule is CCCCc1c(C)c(O)nn1-c1ccccc1C. The first-order valence-corrected chi connectivity index (χ1v) is 6.48. The molecule has 0 atom stereocenters. The van der Waals surface area contributed by atoms with Crippen molar-refractivity contribution in [3.05, 3.63) is 41.1 Å². The maximum Gasteiger partial charge on any atom is 0.233 e. The molecule has 1 aromatic carbocycles. The van der Waals surface area contributed by atoms with Gasteiger partial charge in [0.15, 0.2) is 0 Å². The Labute approximate surface area is 108 Å². The van der Waals surface area contributed by atoms with E-state index in [1.807, 2.05) is 29.8 Å². The van der Waals surface area contributed by atoms with Crippen molar-refractivity contribution < 1.29 is 5.11 Å². The van der Waals surface area contributed by atoms with Gasteiger partial charge in [-0.1, -0.05) is 31.5 Å². The molecule has 0 fully saturated rings. The number of unbranched alkanes of at least 4 members (excludes halogenated alkanes) is 1. The summed E-state index contributed by atoms with van der Waals surface area (Å²) in [5, 5.41) is 14.1. The molecule has 2 aromatic rings. The van der Waals surface area contributed by atoms with Gasteiger partial charge in [-0.3, -0.25) is 0 Å². The summed E-state index contributed by atoms with van der Waals surface area (Å²) in [6, 6.07) is 8.12. The van der Waals surface area contributed by atoms with Crippen LogP contribution in [0.1, 0.15) is 36.6 Å². The summed E-state index contributed by atoms with van der Waals surface area (Å²) >= 11 is 0. The Kier molecular flexibility index (Phi) is 3.70. The highest BCUT2D eigenvalue weighted by Crippen LogP contribution is 2.25. The molecule has 2 rings (SSSR count). The van der Waals surface area contributed by atoms with Crippen molar-refractivity contribution in [1.82, 2.24) is 9.78 Å². The first-order valence-electron chi connectivity index (χ1n) is 6.48. The molecule has 96 valence electrons. The highest BCUT2D eigenvalue weighted by Gasteiger charge is 2.15. The van der Waals surface area contributed by atoms with Crippen molar-refractivity contribution >= 4 is 0 Å². The third kappa shape index (κ3) is 2.26. The standard InChI is InChI=1S/C15H20N2O/c1-4-5-9-14-12(3)15(18)16-17(14)13-10-7-6-8-11(13)2/h6-8,10H,4-5,9H2,1-3H3,(H,16,18). The van der Waals surface area contributed by atoms with Gasteiger partial charge in [-0.15, -0.1) is 5.10 Å². The molecule has 0 saturated heterocycles. The van der Waals surface area contributed by atoms with E-state index < -0.39 is 0 Å². The van der Waals surface area contributed by atoms with E-state index in [1.165, 1.54) is 0 Å². The van der Waals surface area contributed by atoms with Crippen molar-refractivity contribution in [2.24, 2.45) is 0 Å².